The number of benzene rings is 4. The van der Waals surface area contributed by atoms with Crippen LogP contribution in [-0.4, -0.2) is 49.2 Å². The predicted molar refractivity (Wildman–Crippen MR) is 136 cm³/mol. The van der Waals surface area contributed by atoms with E-state index in [1.807, 2.05) is 0 Å². The molecule has 4 rings (SSSR count). The number of aromatic carboxylic acids is 2. The lowest BCUT2D eigenvalue weighted by Crippen LogP contribution is -2.16. The molecule has 0 atom stereocenters. The minimum Gasteiger partial charge on any atom is -0.507 e. The molecule has 0 radical (unpaired) electrons. The summed E-state index contributed by atoms with van der Waals surface area (Å²) in [5.74, 6) is -4.06. The first-order chi connectivity index (χ1) is 17.8. The second-order valence-electron chi connectivity index (χ2n) is 7.89. The number of hydrogen-bond acceptors (Lipinski definition) is 8. The van der Waals surface area contributed by atoms with Crippen molar-refractivity contribution < 1.29 is 46.9 Å². The quantitative estimate of drug-likeness (QED) is 0.174. The van der Waals surface area contributed by atoms with Crippen molar-refractivity contribution in [1.82, 2.24) is 0 Å². The Labute approximate surface area is 215 Å². The molecule has 38 heavy (non-hydrogen) atoms. The molecule has 0 heterocycles. The summed E-state index contributed by atoms with van der Waals surface area (Å²) in [6.45, 7) is 0. The molecule has 4 aromatic carbocycles. The maximum absolute atomic E-state index is 13.2. The van der Waals surface area contributed by atoms with Gasteiger partial charge in [0.2, 0.25) is 0 Å². The van der Waals surface area contributed by atoms with Crippen molar-refractivity contribution in [3.8, 4) is 11.5 Å². The van der Waals surface area contributed by atoms with E-state index in [1.54, 1.807) is 0 Å². The van der Waals surface area contributed by atoms with E-state index in [0.29, 0.717) is 0 Å². The van der Waals surface area contributed by atoms with Gasteiger partial charge in [0, 0.05) is 22.1 Å². The number of phenols is 2. The molecule has 0 amide bonds. The Morgan fingerprint density at radius 1 is 0.579 bits per heavy atom. The van der Waals surface area contributed by atoms with Gasteiger partial charge in [-0.3, -0.25) is 9.44 Å². The van der Waals surface area contributed by atoms with Crippen LogP contribution in [0.4, 0.5) is 11.4 Å². The van der Waals surface area contributed by atoms with Gasteiger partial charge in [-0.05, 0) is 48.5 Å². The number of aromatic hydroxyl groups is 2. The van der Waals surface area contributed by atoms with Crippen molar-refractivity contribution in [2.45, 2.75) is 9.79 Å². The van der Waals surface area contributed by atoms with Gasteiger partial charge in [-0.1, -0.05) is 24.3 Å². The molecule has 0 spiro atoms. The van der Waals surface area contributed by atoms with Gasteiger partial charge < -0.3 is 20.4 Å². The van der Waals surface area contributed by atoms with Crippen molar-refractivity contribution >= 4 is 54.1 Å². The van der Waals surface area contributed by atoms with E-state index in [-0.39, 0.29) is 31.9 Å². The maximum Gasteiger partial charge on any atom is 0.339 e. The van der Waals surface area contributed by atoms with Gasteiger partial charge in [0.1, 0.15) is 22.6 Å². The molecule has 4 aromatic rings. The van der Waals surface area contributed by atoms with Crippen LogP contribution >= 0.6 is 0 Å². The van der Waals surface area contributed by atoms with Gasteiger partial charge >= 0.3 is 11.9 Å². The van der Waals surface area contributed by atoms with Crippen molar-refractivity contribution in [2.75, 3.05) is 9.44 Å². The van der Waals surface area contributed by atoms with Crippen molar-refractivity contribution in [1.29, 1.82) is 0 Å². The summed E-state index contributed by atoms with van der Waals surface area (Å²) >= 11 is 0. The second kappa shape index (κ2) is 9.57. The van der Waals surface area contributed by atoms with Crippen LogP contribution in [0.5, 0.6) is 11.5 Å². The van der Waals surface area contributed by atoms with E-state index in [1.165, 1.54) is 36.4 Å². The molecular formula is C24H18N2O10S2. The molecule has 0 saturated carbocycles. The fourth-order valence-electron chi connectivity index (χ4n) is 3.68. The number of sulfonamides is 2. The van der Waals surface area contributed by atoms with Crippen molar-refractivity contribution in [3.05, 3.63) is 83.9 Å². The molecule has 0 saturated heterocycles. The third kappa shape index (κ3) is 5.02. The number of carbonyl (C=O) groups is 2. The van der Waals surface area contributed by atoms with Crippen LogP contribution in [0.2, 0.25) is 0 Å². The summed E-state index contributed by atoms with van der Waals surface area (Å²) in [7, 11) is -8.74. The number of fused-ring (bicyclic) bond motifs is 1. The zero-order valence-electron chi connectivity index (χ0n) is 19.0. The maximum atomic E-state index is 13.2. The second-order valence-corrected chi connectivity index (χ2v) is 11.2. The largest absolute Gasteiger partial charge is 0.507 e. The fraction of sp³-hybridized carbons (Fsp3) is 0. The van der Waals surface area contributed by atoms with E-state index in [4.69, 9.17) is 0 Å². The van der Waals surface area contributed by atoms with E-state index in [0.717, 1.165) is 36.4 Å². The average Bonchev–Trinajstić information content (AvgIpc) is 2.85. The smallest absolute Gasteiger partial charge is 0.339 e. The van der Waals surface area contributed by atoms with Gasteiger partial charge in [-0.25, -0.2) is 26.4 Å². The number of anilines is 2. The molecule has 196 valence electrons. The summed E-state index contributed by atoms with van der Waals surface area (Å²) in [6, 6.07) is 14.1. The minimum atomic E-state index is -4.37. The highest BCUT2D eigenvalue weighted by molar-refractivity contribution is 7.93. The summed E-state index contributed by atoms with van der Waals surface area (Å²) in [5, 5.41) is 37.7. The van der Waals surface area contributed by atoms with Crippen LogP contribution in [0.3, 0.4) is 0 Å². The molecule has 0 aliphatic carbocycles. The van der Waals surface area contributed by atoms with Gasteiger partial charge in [0.15, 0.2) is 0 Å². The summed E-state index contributed by atoms with van der Waals surface area (Å²) in [5.41, 5.74) is -1.35. The molecular weight excluding hydrogens is 540 g/mol. The van der Waals surface area contributed by atoms with E-state index >= 15 is 0 Å². The van der Waals surface area contributed by atoms with Crippen LogP contribution in [0.1, 0.15) is 20.7 Å². The molecule has 0 aromatic heterocycles. The molecule has 12 nitrogen and oxygen atoms in total. The van der Waals surface area contributed by atoms with Gasteiger partial charge in [0.25, 0.3) is 20.0 Å². The van der Waals surface area contributed by atoms with E-state index in [2.05, 4.69) is 9.44 Å². The Morgan fingerprint density at radius 2 is 0.947 bits per heavy atom. The third-order valence-corrected chi connectivity index (χ3v) is 8.26. The number of rotatable bonds is 8. The highest BCUT2D eigenvalue weighted by atomic mass is 32.2. The number of carboxylic acid groups (broad SMARTS) is 2. The standard InChI is InChI=1S/C24H18N2O10S2/c27-19-9-7-13(11-17(19)23(29)30)25-37(33,34)21-5-1-3-15-16(21)4-2-6-22(15)38(35,36)26-14-8-10-20(28)18(12-14)24(31)32/h1-12,25-28H,(H,29,30)(H,31,32). The molecule has 0 aliphatic rings. The Morgan fingerprint density at radius 3 is 1.29 bits per heavy atom. The lowest BCUT2D eigenvalue weighted by atomic mass is 10.1. The molecule has 0 bridgehead atoms. The Bertz CT molecular complexity index is 1700. The average molecular weight is 559 g/mol. The first-order valence-electron chi connectivity index (χ1n) is 10.5. The Kier molecular flexibility index (Phi) is 6.61. The van der Waals surface area contributed by atoms with Crippen molar-refractivity contribution in [2.24, 2.45) is 0 Å². The molecule has 0 unspecified atom stereocenters. The van der Waals surface area contributed by atoms with E-state index < -0.39 is 54.6 Å². The lowest BCUT2D eigenvalue weighted by Gasteiger charge is -2.14. The Balaban J connectivity index is 1.76. The van der Waals surface area contributed by atoms with Crippen LogP contribution < -0.4 is 9.44 Å². The van der Waals surface area contributed by atoms with Crippen LogP contribution in [-0.2, 0) is 20.0 Å². The number of nitrogens with one attached hydrogen (secondary N) is 2. The van der Waals surface area contributed by atoms with Gasteiger partial charge in [0.05, 0.1) is 9.79 Å². The van der Waals surface area contributed by atoms with Crippen LogP contribution in [0.25, 0.3) is 10.8 Å². The SMILES string of the molecule is O=C(O)c1cc(NS(=O)(=O)c2cccc3c(S(=O)(=O)Nc4ccc(O)c(C(=O)O)c4)cccc23)ccc1O. The zero-order valence-corrected chi connectivity index (χ0v) is 20.6. The highest BCUT2D eigenvalue weighted by Gasteiger charge is 2.24. The summed E-state index contributed by atoms with van der Waals surface area (Å²) < 4.78 is 57.3. The third-order valence-electron chi connectivity index (χ3n) is 5.38. The molecule has 14 heteroatoms. The fourth-order valence-corrected chi connectivity index (χ4v) is 6.23. The van der Waals surface area contributed by atoms with E-state index in [9.17, 15) is 46.9 Å². The molecule has 0 fully saturated rings. The predicted octanol–water partition coefficient (Wildman–Crippen LogP) is 3.25. The summed E-state index contributed by atoms with van der Waals surface area (Å²) in [4.78, 5) is 21.9. The summed E-state index contributed by atoms with van der Waals surface area (Å²) in [6.07, 6.45) is 0. The molecule has 6 N–H and O–H groups in total. The molecule has 0 aliphatic heterocycles. The normalized spacial score (nSPS) is 11.7. The highest BCUT2D eigenvalue weighted by Crippen LogP contribution is 2.32. The first kappa shape index (κ1) is 26.2. The minimum absolute atomic E-state index is 0.0250. The monoisotopic (exact) mass is 558 g/mol. The van der Waals surface area contributed by atoms with Gasteiger partial charge in [-0.2, -0.15) is 0 Å². The first-order valence-corrected chi connectivity index (χ1v) is 13.5. The van der Waals surface area contributed by atoms with Crippen molar-refractivity contribution in [3.63, 3.8) is 0 Å². The zero-order chi connectivity index (χ0) is 27.8. The van der Waals surface area contributed by atoms with Crippen LogP contribution in [0.15, 0.2) is 82.6 Å². The Hall–Kier alpha value is -4.82. The number of carboxylic acids is 2. The van der Waals surface area contributed by atoms with Gasteiger partial charge in [-0.15, -0.1) is 0 Å². The topological polar surface area (TPSA) is 207 Å². The lowest BCUT2D eigenvalue weighted by molar-refractivity contribution is 0.0682. The van der Waals surface area contributed by atoms with Crippen LogP contribution in [0, 0.1) is 0 Å². The number of hydrogen-bond donors (Lipinski definition) is 6.